The number of likely N-dealkylation sites (N-methyl/N-ethyl adjacent to an activating group) is 1. The molecular formula is C11H17NO3. The molecule has 0 amide bonds. The molecule has 0 saturated carbocycles. The summed E-state index contributed by atoms with van der Waals surface area (Å²) in [4.78, 5) is 0. The maximum atomic E-state index is 9.72. The second-order valence-electron chi connectivity index (χ2n) is 3.50. The number of rotatable bonds is 3. The molecular weight excluding hydrogens is 194 g/mol. The monoisotopic (exact) mass is 211 g/mol. The maximum absolute atomic E-state index is 9.72. The van der Waals surface area contributed by atoms with Crippen molar-refractivity contribution >= 4 is 0 Å². The van der Waals surface area contributed by atoms with E-state index in [2.05, 4.69) is 5.32 Å². The molecule has 15 heavy (non-hydrogen) atoms. The molecule has 0 spiro atoms. The standard InChI is InChI=1S/C11H17NO3/c1-12-7-11(15)8-4-2-3-5-9(13)10(14)6-8/h3,5-6,11-15H,2,4,7H2,1H3/b5-3-,8-6+,10-9-. The zero-order valence-corrected chi connectivity index (χ0v) is 8.77. The highest BCUT2D eigenvalue weighted by Gasteiger charge is 2.12. The van der Waals surface area contributed by atoms with Gasteiger partial charge in [0.25, 0.3) is 0 Å². The van der Waals surface area contributed by atoms with Crippen LogP contribution in [0.1, 0.15) is 12.8 Å². The van der Waals surface area contributed by atoms with Crippen LogP contribution in [0.4, 0.5) is 0 Å². The number of nitrogens with one attached hydrogen (secondary N) is 1. The van der Waals surface area contributed by atoms with Crippen molar-refractivity contribution in [1.29, 1.82) is 0 Å². The largest absolute Gasteiger partial charge is 0.504 e. The van der Waals surface area contributed by atoms with E-state index in [-0.39, 0.29) is 11.5 Å². The number of allylic oxidation sites excluding steroid dienone is 3. The van der Waals surface area contributed by atoms with E-state index in [1.54, 1.807) is 13.1 Å². The van der Waals surface area contributed by atoms with E-state index in [9.17, 15) is 15.3 Å². The first kappa shape index (κ1) is 11.8. The van der Waals surface area contributed by atoms with Crippen LogP contribution in [0.25, 0.3) is 0 Å². The summed E-state index contributed by atoms with van der Waals surface area (Å²) in [6.07, 6.45) is 5.45. The van der Waals surface area contributed by atoms with Crippen molar-refractivity contribution in [3.05, 3.63) is 35.3 Å². The van der Waals surface area contributed by atoms with Gasteiger partial charge in [0.05, 0.1) is 6.10 Å². The minimum atomic E-state index is -0.628. The van der Waals surface area contributed by atoms with E-state index in [4.69, 9.17) is 0 Å². The average Bonchev–Trinajstić information content (AvgIpc) is 2.19. The average molecular weight is 211 g/mol. The van der Waals surface area contributed by atoms with E-state index in [1.807, 2.05) is 0 Å². The Morgan fingerprint density at radius 2 is 2.13 bits per heavy atom. The summed E-state index contributed by atoms with van der Waals surface area (Å²) in [5.74, 6) is -0.361. The minimum absolute atomic E-state index is 0.163. The van der Waals surface area contributed by atoms with Crippen LogP contribution in [0.3, 0.4) is 0 Å². The molecule has 4 heteroatoms. The van der Waals surface area contributed by atoms with Crippen LogP contribution in [0.5, 0.6) is 0 Å². The van der Waals surface area contributed by atoms with E-state index in [0.717, 1.165) is 12.0 Å². The Hall–Kier alpha value is -1.26. The van der Waals surface area contributed by atoms with Crippen LogP contribution < -0.4 is 5.32 Å². The fraction of sp³-hybridized carbons (Fsp3) is 0.455. The van der Waals surface area contributed by atoms with Gasteiger partial charge < -0.3 is 20.6 Å². The van der Waals surface area contributed by atoms with Crippen LogP contribution in [0.15, 0.2) is 35.3 Å². The van der Waals surface area contributed by atoms with Crippen LogP contribution >= 0.6 is 0 Å². The molecule has 4 N–H and O–H groups in total. The molecule has 1 aliphatic rings. The van der Waals surface area contributed by atoms with E-state index in [0.29, 0.717) is 13.0 Å². The Kier molecular flexibility index (Phi) is 4.39. The van der Waals surface area contributed by atoms with Gasteiger partial charge in [-0.2, -0.15) is 0 Å². The van der Waals surface area contributed by atoms with Gasteiger partial charge >= 0.3 is 0 Å². The first-order valence-corrected chi connectivity index (χ1v) is 4.97. The SMILES string of the molecule is CNCC(O)/C1=C/C(O)=C(O)\C=C/CC1. The Morgan fingerprint density at radius 3 is 2.80 bits per heavy atom. The summed E-state index contributed by atoms with van der Waals surface area (Å²) in [7, 11) is 1.75. The minimum Gasteiger partial charge on any atom is -0.504 e. The fourth-order valence-electron chi connectivity index (χ4n) is 1.44. The highest BCUT2D eigenvalue weighted by molar-refractivity contribution is 5.29. The third-order valence-electron chi connectivity index (χ3n) is 2.29. The van der Waals surface area contributed by atoms with Crippen molar-refractivity contribution in [2.75, 3.05) is 13.6 Å². The quantitative estimate of drug-likeness (QED) is 0.565. The smallest absolute Gasteiger partial charge is 0.157 e. The van der Waals surface area contributed by atoms with E-state index >= 15 is 0 Å². The first-order chi connectivity index (χ1) is 7.15. The normalized spacial score (nSPS) is 29.9. The van der Waals surface area contributed by atoms with Crippen LogP contribution in [0, 0.1) is 0 Å². The fourth-order valence-corrected chi connectivity index (χ4v) is 1.44. The molecule has 0 heterocycles. The Bertz CT molecular complexity index is 305. The molecule has 0 fully saturated rings. The number of aliphatic hydroxyl groups excluding tert-OH is 3. The van der Waals surface area contributed by atoms with Crippen molar-refractivity contribution in [2.24, 2.45) is 0 Å². The van der Waals surface area contributed by atoms with E-state index in [1.165, 1.54) is 12.2 Å². The van der Waals surface area contributed by atoms with Gasteiger partial charge in [0, 0.05) is 6.54 Å². The summed E-state index contributed by atoms with van der Waals surface area (Å²) in [5.41, 5.74) is 0.720. The predicted molar refractivity (Wildman–Crippen MR) is 58.7 cm³/mol. The number of aliphatic hydroxyl groups is 3. The molecule has 0 aromatic rings. The molecule has 0 aliphatic heterocycles. The lowest BCUT2D eigenvalue weighted by Crippen LogP contribution is -2.25. The third kappa shape index (κ3) is 3.42. The molecule has 1 unspecified atom stereocenters. The van der Waals surface area contributed by atoms with Crippen LogP contribution in [0.2, 0.25) is 0 Å². The van der Waals surface area contributed by atoms with Gasteiger partial charge in [0.15, 0.2) is 11.5 Å². The zero-order chi connectivity index (χ0) is 11.3. The van der Waals surface area contributed by atoms with Gasteiger partial charge in [-0.3, -0.25) is 0 Å². The van der Waals surface area contributed by atoms with E-state index < -0.39 is 6.10 Å². The van der Waals surface area contributed by atoms with Crippen LogP contribution in [-0.4, -0.2) is 35.0 Å². The molecule has 1 rings (SSSR count). The lowest BCUT2D eigenvalue weighted by atomic mass is 10.0. The van der Waals surface area contributed by atoms with Crippen molar-refractivity contribution < 1.29 is 15.3 Å². The summed E-state index contributed by atoms with van der Waals surface area (Å²) >= 11 is 0. The topological polar surface area (TPSA) is 72.7 Å². The number of hydrogen-bond donors (Lipinski definition) is 4. The van der Waals surface area contributed by atoms with Gasteiger partial charge in [0.2, 0.25) is 0 Å². The van der Waals surface area contributed by atoms with Gasteiger partial charge in [0.1, 0.15) is 0 Å². The van der Waals surface area contributed by atoms with Crippen LogP contribution in [-0.2, 0) is 0 Å². The summed E-state index contributed by atoms with van der Waals surface area (Å²) in [5, 5.41) is 31.3. The molecule has 1 aliphatic carbocycles. The van der Waals surface area contributed by atoms with Gasteiger partial charge in [-0.1, -0.05) is 6.08 Å². The molecule has 0 aromatic carbocycles. The second kappa shape index (κ2) is 5.58. The van der Waals surface area contributed by atoms with Crippen molar-refractivity contribution in [3.63, 3.8) is 0 Å². The first-order valence-electron chi connectivity index (χ1n) is 4.97. The van der Waals surface area contributed by atoms with Crippen molar-refractivity contribution in [1.82, 2.24) is 5.32 Å². The highest BCUT2D eigenvalue weighted by Crippen LogP contribution is 2.17. The molecule has 0 bridgehead atoms. The Balaban J connectivity index is 2.85. The molecule has 0 aromatic heterocycles. The van der Waals surface area contributed by atoms with Gasteiger partial charge in [-0.15, -0.1) is 0 Å². The molecule has 1 atom stereocenters. The summed E-state index contributed by atoms with van der Waals surface area (Å²) in [6.45, 7) is 0.434. The maximum Gasteiger partial charge on any atom is 0.157 e. The third-order valence-corrected chi connectivity index (χ3v) is 2.29. The van der Waals surface area contributed by atoms with Crippen molar-refractivity contribution in [3.8, 4) is 0 Å². The van der Waals surface area contributed by atoms with Gasteiger partial charge in [-0.25, -0.2) is 0 Å². The molecule has 84 valence electrons. The Labute approximate surface area is 89.2 Å². The zero-order valence-electron chi connectivity index (χ0n) is 8.77. The highest BCUT2D eigenvalue weighted by atomic mass is 16.3. The summed E-state index contributed by atoms with van der Waals surface area (Å²) in [6, 6.07) is 0. The predicted octanol–water partition coefficient (Wildman–Crippen LogP) is 1.17. The molecule has 4 nitrogen and oxygen atoms in total. The van der Waals surface area contributed by atoms with Crippen molar-refractivity contribution in [2.45, 2.75) is 18.9 Å². The summed E-state index contributed by atoms with van der Waals surface area (Å²) < 4.78 is 0. The van der Waals surface area contributed by atoms with Gasteiger partial charge in [-0.05, 0) is 37.6 Å². The lowest BCUT2D eigenvalue weighted by Gasteiger charge is -2.15. The lowest BCUT2D eigenvalue weighted by molar-refractivity contribution is 0.205. The molecule has 0 saturated heterocycles. The second-order valence-corrected chi connectivity index (χ2v) is 3.50. The Morgan fingerprint density at radius 1 is 1.40 bits per heavy atom. The number of hydrogen-bond acceptors (Lipinski definition) is 4. The molecule has 0 radical (unpaired) electrons.